The van der Waals surface area contributed by atoms with Crippen molar-refractivity contribution in [3.63, 3.8) is 0 Å². The van der Waals surface area contributed by atoms with E-state index in [0.29, 0.717) is 12.6 Å². The molecule has 16 heavy (non-hydrogen) atoms. The van der Waals surface area contributed by atoms with Gasteiger partial charge in [-0.05, 0) is 22.4 Å². The average molecular weight is 234 g/mol. The molecule has 0 fully saturated rings. The summed E-state index contributed by atoms with van der Waals surface area (Å²) in [6.45, 7) is 4.94. The van der Waals surface area contributed by atoms with Gasteiger partial charge in [0.05, 0.1) is 0 Å². The summed E-state index contributed by atoms with van der Waals surface area (Å²) in [6.07, 6.45) is 0. The fourth-order valence-corrected chi connectivity index (χ4v) is 2.97. The summed E-state index contributed by atoms with van der Waals surface area (Å²) in [4.78, 5) is 0. The Morgan fingerprint density at radius 3 is 2.75 bits per heavy atom. The van der Waals surface area contributed by atoms with Gasteiger partial charge < -0.3 is 11.1 Å². The van der Waals surface area contributed by atoms with Gasteiger partial charge in [-0.25, -0.2) is 0 Å². The van der Waals surface area contributed by atoms with E-state index in [2.05, 4.69) is 48.8 Å². The van der Waals surface area contributed by atoms with Crippen LogP contribution in [0, 0.1) is 0 Å². The van der Waals surface area contributed by atoms with Gasteiger partial charge in [-0.1, -0.05) is 32.0 Å². The van der Waals surface area contributed by atoms with Gasteiger partial charge in [-0.15, -0.1) is 11.3 Å². The summed E-state index contributed by atoms with van der Waals surface area (Å²) >= 11 is 1.79. The van der Waals surface area contributed by atoms with Crippen LogP contribution in [0.2, 0.25) is 0 Å². The predicted octanol–water partition coefficient (Wildman–Crippen LogP) is 2.90. The van der Waals surface area contributed by atoms with E-state index in [1.807, 2.05) is 0 Å². The van der Waals surface area contributed by atoms with E-state index < -0.39 is 0 Å². The van der Waals surface area contributed by atoms with Crippen LogP contribution >= 0.6 is 11.3 Å². The van der Waals surface area contributed by atoms with Gasteiger partial charge in [0.1, 0.15) is 0 Å². The second kappa shape index (κ2) is 4.95. The SMILES string of the molecule is CC(C)NC(CN)c1csc2ccccc12. The molecule has 3 N–H and O–H groups in total. The Labute approximate surface area is 100 Å². The Morgan fingerprint density at radius 1 is 1.31 bits per heavy atom. The molecule has 1 unspecified atom stereocenters. The Hall–Kier alpha value is -0.900. The maximum absolute atomic E-state index is 5.85. The third kappa shape index (κ3) is 2.26. The Kier molecular flexibility index (Phi) is 3.59. The normalized spacial score (nSPS) is 13.5. The standard InChI is InChI=1S/C13H18N2S/c1-9(2)15-12(7-14)11-8-16-13-6-4-3-5-10(11)13/h3-6,8-9,12,15H,7,14H2,1-2H3. The molecule has 1 aromatic heterocycles. The summed E-state index contributed by atoms with van der Waals surface area (Å²) < 4.78 is 1.33. The molecule has 1 aromatic carbocycles. The Bertz CT molecular complexity index is 462. The van der Waals surface area contributed by atoms with Gasteiger partial charge >= 0.3 is 0 Å². The molecule has 0 saturated carbocycles. The first-order chi connectivity index (χ1) is 7.72. The molecule has 0 spiro atoms. The van der Waals surface area contributed by atoms with Crippen LogP contribution in [0.1, 0.15) is 25.5 Å². The number of thiophene rings is 1. The zero-order valence-corrected chi connectivity index (χ0v) is 10.6. The molecule has 0 aliphatic carbocycles. The largest absolute Gasteiger partial charge is 0.329 e. The molecular formula is C13H18N2S. The van der Waals surface area contributed by atoms with Crippen molar-refractivity contribution < 1.29 is 0 Å². The van der Waals surface area contributed by atoms with Crippen molar-refractivity contribution in [3.05, 3.63) is 35.2 Å². The third-order valence-electron chi connectivity index (χ3n) is 2.66. The van der Waals surface area contributed by atoms with Gasteiger partial charge in [-0.3, -0.25) is 0 Å². The van der Waals surface area contributed by atoms with E-state index in [-0.39, 0.29) is 6.04 Å². The molecule has 86 valence electrons. The van der Waals surface area contributed by atoms with Gasteiger partial charge in [0, 0.05) is 23.3 Å². The highest BCUT2D eigenvalue weighted by Crippen LogP contribution is 2.29. The zero-order valence-electron chi connectivity index (χ0n) is 9.73. The van der Waals surface area contributed by atoms with E-state index in [1.165, 1.54) is 15.6 Å². The third-order valence-corrected chi connectivity index (χ3v) is 3.64. The van der Waals surface area contributed by atoms with Crippen LogP contribution in [0.25, 0.3) is 10.1 Å². The van der Waals surface area contributed by atoms with Crippen LogP contribution in [-0.4, -0.2) is 12.6 Å². The van der Waals surface area contributed by atoms with E-state index >= 15 is 0 Å². The van der Waals surface area contributed by atoms with Crippen LogP contribution in [0.5, 0.6) is 0 Å². The number of nitrogens with two attached hydrogens (primary N) is 1. The lowest BCUT2D eigenvalue weighted by molar-refractivity contribution is 0.487. The molecule has 0 aliphatic heterocycles. The average Bonchev–Trinajstić information content (AvgIpc) is 2.69. The summed E-state index contributed by atoms with van der Waals surface area (Å²) in [6, 6.07) is 9.21. The summed E-state index contributed by atoms with van der Waals surface area (Å²) in [5, 5.41) is 7.06. The first-order valence-corrected chi connectivity index (χ1v) is 6.52. The minimum atomic E-state index is 0.260. The number of fused-ring (bicyclic) bond motifs is 1. The molecule has 0 aliphatic rings. The lowest BCUT2D eigenvalue weighted by Gasteiger charge is -2.19. The molecule has 2 rings (SSSR count). The summed E-state index contributed by atoms with van der Waals surface area (Å²) in [5.41, 5.74) is 7.18. The smallest absolute Gasteiger partial charge is 0.0460 e. The van der Waals surface area contributed by atoms with Gasteiger partial charge in [0.15, 0.2) is 0 Å². The molecule has 0 radical (unpaired) electrons. The first-order valence-electron chi connectivity index (χ1n) is 5.64. The number of hydrogen-bond donors (Lipinski definition) is 2. The molecule has 1 heterocycles. The number of benzene rings is 1. The summed E-state index contributed by atoms with van der Waals surface area (Å²) in [5.74, 6) is 0. The second-order valence-electron chi connectivity index (χ2n) is 4.30. The van der Waals surface area contributed by atoms with Gasteiger partial charge in [-0.2, -0.15) is 0 Å². The quantitative estimate of drug-likeness (QED) is 0.853. The number of rotatable bonds is 4. The lowest BCUT2D eigenvalue weighted by Crippen LogP contribution is -2.33. The molecule has 1 atom stereocenters. The maximum Gasteiger partial charge on any atom is 0.0460 e. The molecule has 0 bridgehead atoms. The monoisotopic (exact) mass is 234 g/mol. The van der Waals surface area contributed by atoms with Crippen molar-refractivity contribution in [1.29, 1.82) is 0 Å². The van der Waals surface area contributed by atoms with E-state index in [0.717, 1.165) is 0 Å². The van der Waals surface area contributed by atoms with Crippen LogP contribution in [0.3, 0.4) is 0 Å². The van der Waals surface area contributed by atoms with Crippen LogP contribution < -0.4 is 11.1 Å². The minimum absolute atomic E-state index is 0.260. The van der Waals surface area contributed by atoms with Crippen molar-refractivity contribution >= 4 is 21.4 Å². The number of hydrogen-bond acceptors (Lipinski definition) is 3. The highest BCUT2D eigenvalue weighted by atomic mass is 32.1. The minimum Gasteiger partial charge on any atom is -0.329 e. The van der Waals surface area contributed by atoms with Crippen LogP contribution in [0.15, 0.2) is 29.6 Å². The van der Waals surface area contributed by atoms with E-state index in [4.69, 9.17) is 5.73 Å². The van der Waals surface area contributed by atoms with Crippen molar-refractivity contribution in [2.24, 2.45) is 5.73 Å². The molecule has 2 nitrogen and oxygen atoms in total. The first kappa shape index (κ1) is 11.6. The Morgan fingerprint density at radius 2 is 2.06 bits per heavy atom. The topological polar surface area (TPSA) is 38.0 Å². The zero-order chi connectivity index (χ0) is 11.5. The van der Waals surface area contributed by atoms with E-state index in [9.17, 15) is 0 Å². The molecule has 3 heteroatoms. The predicted molar refractivity (Wildman–Crippen MR) is 71.9 cm³/mol. The molecule has 0 saturated heterocycles. The van der Waals surface area contributed by atoms with Crippen molar-refractivity contribution in [1.82, 2.24) is 5.32 Å². The second-order valence-corrected chi connectivity index (χ2v) is 5.21. The van der Waals surface area contributed by atoms with Crippen molar-refractivity contribution in [2.45, 2.75) is 25.9 Å². The highest BCUT2D eigenvalue weighted by Gasteiger charge is 2.14. The fraction of sp³-hybridized carbons (Fsp3) is 0.385. The van der Waals surface area contributed by atoms with Crippen LogP contribution in [-0.2, 0) is 0 Å². The van der Waals surface area contributed by atoms with Gasteiger partial charge in [0.25, 0.3) is 0 Å². The Balaban J connectivity index is 2.37. The van der Waals surface area contributed by atoms with Crippen molar-refractivity contribution in [3.8, 4) is 0 Å². The molecule has 0 amide bonds. The lowest BCUT2D eigenvalue weighted by atomic mass is 10.1. The molecule has 2 aromatic rings. The maximum atomic E-state index is 5.85. The summed E-state index contributed by atoms with van der Waals surface area (Å²) in [7, 11) is 0. The van der Waals surface area contributed by atoms with Crippen molar-refractivity contribution in [2.75, 3.05) is 6.54 Å². The highest BCUT2D eigenvalue weighted by molar-refractivity contribution is 7.17. The van der Waals surface area contributed by atoms with E-state index in [1.54, 1.807) is 11.3 Å². The molecular weight excluding hydrogens is 216 g/mol. The fourth-order valence-electron chi connectivity index (χ4n) is 1.96. The van der Waals surface area contributed by atoms with Gasteiger partial charge in [0.2, 0.25) is 0 Å². The number of nitrogens with one attached hydrogen (secondary N) is 1. The van der Waals surface area contributed by atoms with Crippen LogP contribution in [0.4, 0.5) is 0 Å².